The fourth-order valence-corrected chi connectivity index (χ4v) is 4.92. The third-order valence-corrected chi connectivity index (χ3v) is 6.81. The van der Waals surface area contributed by atoms with Crippen molar-refractivity contribution in [3.8, 4) is 5.75 Å². The van der Waals surface area contributed by atoms with E-state index in [0.717, 1.165) is 48.8 Å². The lowest BCUT2D eigenvalue weighted by Crippen LogP contribution is -2.34. The van der Waals surface area contributed by atoms with Crippen molar-refractivity contribution in [1.82, 2.24) is 9.97 Å². The van der Waals surface area contributed by atoms with E-state index in [9.17, 15) is 0 Å². The van der Waals surface area contributed by atoms with Crippen LogP contribution < -0.4 is 14.5 Å². The summed E-state index contributed by atoms with van der Waals surface area (Å²) in [4.78, 5) is 14.8. The Bertz CT molecular complexity index is 1100. The normalized spacial score (nSPS) is 17.2. The van der Waals surface area contributed by atoms with Gasteiger partial charge in [0.25, 0.3) is 0 Å². The summed E-state index contributed by atoms with van der Waals surface area (Å²) in [6.45, 7) is 4.18. The monoisotopic (exact) mass is 416 g/mol. The van der Waals surface area contributed by atoms with E-state index in [0.29, 0.717) is 11.8 Å². The van der Waals surface area contributed by atoms with Crippen LogP contribution in [0.25, 0.3) is 10.9 Å². The van der Waals surface area contributed by atoms with Crippen LogP contribution in [0.1, 0.15) is 54.5 Å². The van der Waals surface area contributed by atoms with Gasteiger partial charge in [0.05, 0.1) is 12.6 Å². The summed E-state index contributed by atoms with van der Waals surface area (Å²) in [7, 11) is 5.97. The lowest BCUT2D eigenvalue weighted by Gasteiger charge is -2.34. The van der Waals surface area contributed by atoms with Gasteiger partial charge in [-0.1, -0.05) is 18.2 Å². The number of fused-ring (bicyclic) bond motifs is 1. The maximum absolute atomic E-state index is 5.62. The molecule has 2 aromatic carbocycles. The average Bonchev–Trinajstić information content (AvgIpc) is 3.63. The first-order chi connectivity index (χ1) is 15.0. The number of anilines is 2. The minimum Gasteiger partial charge on any atom is -0.496 e. The molecule has 31 heavy (non-hydrogen) atoms. The van der Waals surface area contributed by atoms with Gasteiger partial charge in [-0.2, -0.15) is 0 Å². The highest BCUT2D eigenvalue weighted by molar-refractivity contribution is 5.93. The molecule has 0 radical (unpaired) electrons. The average molecular weight is 417 g/mol. The van der Waals surface area contributed by atoms with Gasteiger partial charge >= 0.3 is 0 Å². The fourth-order valence-electron chi connectivity index (χ4n) is 4.92. The third-order valence-electron chi connectivity index (χ3n) is 6.81. The molecule has 0 atom stereocenters. The van der Waals surface area contributed by atoms with Gasteiger partial charge in [0, 0.05) is 44.2 Å². The van der Waals surface area contributed by atoms with Crippen molar-refractivity contribution < 1.29 is 4.74 Å². The van der Waals surface area contributed by atoms with Crippen LogP contribution in [0.4, 0.5) is 11.5 Å². The maximum atomic E-state index is 5.62. The molecule has 1 aliphatic carbocycles. The number of piperidine rings is 1. The highest BCUT2D eigenvalue weighted by atomic mass is 16.5. The zero-order chi connectivity index (χ0) is 21.5. The highest BCUT2D eigenvalue weighted by Crippen LogP contribution is 2.42. The first-order valence-electron chi connectivity index (χ1n) is 11.4. The quantitative estimate of drug-likeness (QED) is 0.566. The molecular formula is C26H32N4O. The van der Waals surface area contributed by atoms with Crippen LogP contribution in [0.5, 0.6) is 5.75 Å². The van der Waals surface area contributed by atoms with Gasteiger partial charge in [0.2, 0.25) is 0 Å². The lowest BCUT2D eigenvalue weighted by atomic mass is 9.88. The minimum atomic E-state index is 0.531. The van der Waals surface area contributed by atoms with Crippen LogP contribution in [0.2, 0.25) is 0 Å². The standard InChI is InChI=1S/C26H32N4O/c1-17-15-22-21(16-23(17)29(2)3)26(28-25(27-22)19-9-10-19)30-13-11-18(12-14-30)20-7-5-6-8-24(20)31-4/h5-8,15-16,18-19H,9-14H2,1-4H3. The number of aromatic nitrogens is 2. The SMILES string of the molecule is COc1ccccc1C1CCN(c2nc(C3CC3)nc3cc(C)c(N(C)C)cc23)CC1. The van der Waals surface area contributed by atoms with Gasteiger partial charge in [-0.3, -0.25) is 0 Å². The Kier molecular flexibility index (Phi) is 5.20. The van der Waals surface area contributed by atoms with E-state index in [1.165, 1.54) is 35.0 Å². The van der Waals surface area contributed by atoms with E-state index in [1.807, 2.05) is 6.07 Å². The van der Waals surface area contributed by atoms with Gasteiger partial charge < -0.3 is 14.5 Å². The number of methoxy groups -OCH3 is 1. The first kappa shape index (κ1) is 20.1. The Balaban J connectivity index is 1.49. The number of hydrogen-bond acceptors (Lipinski definition) is 5. The van der Waals surface area contributed by atoms with E-state index >= 15 is 0 Å². The number of hydrogen-bond donors (Lipinski definition) is 0. The second kappa shape index (κ2) is 8.03. The molecule has 2 fully saturated rings. The van der Waals surface area contributed by atoms with Crippen LogP contribution in [0, 0.1) is 6.92 Å². The summed E-state index contributed by atoms with van der Waals surface area (Å²) >= 11 is 0. The fraction of sp³-hybridized carbons (Fsp3) is 0.462. The first-order valence-corrected chi connectivity index (χ1v) is 11.4. The molecule has 1 saturated carbocycles. The van der Waals surface area contributed by atoms with Crippen LogP contribution in [0.15, 0.2) is 36.4 Å². The molecule has 5 heteroatoms. The predicted octanol–water partition coefficient (Wildman–Crippen LogP) is 5.27. The van der Waals surface area contributed by atoms with Crippen molar-refractivity contribution in [3.05, 3.63) is 53.3 Å². The van der Waals surface area contributed by atoms with Gasteiger partial charge in [0.1, 0.15) is 17.4 Å². The highest BCUT2D eigenvalue weighted by Gasteiger charge is 2.30. The van der Waals surface area contributed by atoms with Crippen molar-refractivity contribution in [1.29, 1.82) is 0 Å². The third kappa shape index (κ3) is 3.82. The maximum Gasteiger partial charge on any atom is 0.140 e. The van der Waals surface area contributed by atoms with Crippen LogP contribution in [0.3, 0.4) is 0 Å². The molecule has 5 nitrogen and oxygen atoms in total. The summed E-state index contributed by atoms with van der Waals surface area (Å²) < 4.78 is 5.62. The zero-order valence-electron chi connectivity index (χ0n) is 19.1. The van der Waals surface area contributed by atoms with E-state index in [4.69, 9.17) is 14.7 Å². The molecule has 2 heterocycles. The van der Waals surface area contributed by atoms with Crippen molar-refractivity contribution >= 4 is 22.4 Å². The molecule has 5 rings (SSSR count). The van der Waals surface area contributed by atoms with E-state index in [1.54, 1.807) is 7.11 Å². The Hall–Kier alpha value is -2.82. The number of nitrogens with zero attached hydrogens (tertiary/aromatic N) is 4. The van der Waals surface area contributed by atoms with Crippen molar-refractivity contribution in [2.24, 2.45) is 0 Å². The molecule has 162 valence electrons. The lowest BCUT2D eigenvalue weighted by molar-refractivity contribution is 0.397. The summed E-state index contributed by atoms with van der Waals surface area (Å²) in [6, 6.07) is 13.0. The molecule has 0 unspecified atom stereocenters. The molecule has 2 aliphatic rings. The molecule has 0 N–H and O–H groups in total. The Morgan fingerprint density at radius 3 is 2.39 bits per heavy atom. The van der Waals surface area contributed by atoms with Crippen molar-refractivity contribution in [2.45, 2.75) is 44.4 Å². The smallest absolute Gasteiger partial charge is 0.140 e. The van der Waals surface area contributed by atoms with Crippen LogP contribution in [-0.2, 0) is 0 Å². The Morgan fingerprint density at radius 1 is 0.968 bits per heavy atom. The molecule has 1 aliphatic heterocycles. The molecule has 1 aromatic heterocycles. The molecular weight excluding hydrogens is 384 g/mol. The van der Waals surface area contributed by atoms with Gasteiger partial charge in [-0.25, -0.2) is 9.97 Å². The van der Waals surface area contributed by atoms with Gasteiger partial charge in [-0.15, -0.1) is 0 Å². The van der Waals surface area contributed by atoms with Crippen LogP contribution >= 0.6 is 0 Å². The molecule has 0 spiro atoms. The van der Waals surface area contributed by atoms with Crippen molar-refractivity contribution in [2.75, 3.05) is 44.1 Å². The predicted molar refractivity (Wildman–Crippen MR) is 128 cm³/mol. The summed E-state index contributed by atoms with van der Waals surface area (Å²) in [6.07, 6.45) is 4.65. The van der Waals surface area contributed by atoms with E-state index in [-0.39, 0.29) is 0 Å². The number of benzene rings is 2. The van der Waals surface area contributed by atoms with Crippen molar-refractivity contribution in [3.63, 3.8) is 0 Å². The van der Waals surface area contributed by atoms with Crippen LogP contribution in [-0.4, -0.2) is 44.3 Å². The van der Waals surface area contributed by atoms with Gasteiger partial charge in [-0.05, 0) is 67.9 Å². The van der Waals surface area contributed by atoms with Gasteiger partial charge in [0.15, 0.2) is 0 Å². The van der Waals surface area contributed by atoms with E-state index < -0.39 is 0 Å². The number of ether oxygens (including phenoxy) is 1. The van der Waals surface area contributed by atoms with E-state index in [2.05, 4.69) is 61.2 Å². The largest absolute Gasteiger partial charge is 0.496 e. The number of aryl methyl sites for hydroxylation is 1. The molecule has 1 saturated heterocycles. The number of para-hydroxylation sites is 1. The zero-order valence-corrected chi connectivity index (χ0v) is 19.1. The topological polar surface area (TPSA) is 41.5 Å². The molecule has 0 amide bonds. The second-order valence-corrected chi connectivity index (χ2v) is 9.23. The second-order valence-electron chi connectivity index (χ2n) is 9.23. The summed E-state index contributed by atoms with van der Waals surface area (Å²) in [5.74, 6) is 4.24. The number of rotatable bonds is 5. The Morgan fingerprint density at radius 2 is 1.71 bits per heavy atom. The molecule has 3 aromatic rings. The minimum absolute atomic E-state index is 0.531. The Labute approximate surface area is 185 Å². The molecule has 0 bridgehead atoms. The summed E-state index contributed by atoms with van der Waals surface area (Å²) in [5, 5.41) is 1.18. The summed E-state index contributed by atoms with van der Waals surface area (Å²) in [5.41, 5.74) is 4.92.